The van der Waals surface area contributed by atoms with E-state index in [2.05, 4.69) is 12.1 Å². The molecule has 0 saturated heterocycles. The Morgan fingerprint density at radius 2 is 1.40 bits per heavy atom. The molecule has 0 radical (unpaired) electrons. The first-order valence-electron chi connectivity index (χ1n) is 13.1. The summed E-state index contributed by atoms with van der Waals surface area (Å²) in [6.07, 6.45) is 1.47. The van der Waals surface area contributed by atoms with Crippen LogP contribution in [-0.2, 0) is 17.6 Å². The lowest BCUT2D eigenvalue weighted by molar-refractivity contribution is -0.139. The van der Waals surface area contributed by atoms with Crippen LogP contribution in [0.5, 0.6) is 23.0 Å². The fourth-order valence-electron chi connectivity index (χ4n) is 4.28. The molecule has 4 rings (SSSR count). The normalized spacial score (nSPS) is 10.6. The standard InChI is InChI=1S/C33H33NO6/c1-24-21-30(15-16-31(24)39-23-32(35)36)40-29-10-6-9-27(22-29)33(37)34(19-17-25-7-4-3-5-8-25)20-18-26-11-13-28(38-2)14-12-26/h3-16,21-22H,17-20,23H2,1-2H3,(H,35,36). The molecule has 0 aliphatic heterocycles. The molecule has 40 heavy (non-hydrogen) atoms. The quantitative estimate of drug-likeness (QED) is 0.218. The summed E-state index contributed by atoms with van der Waals surface area (Å²) in [5.74, 6) is 1.26. The van der Waals surface area contributed by atoms with Crippen molar-refractivity contribution in [3.8, 4) is 23.0 Å². The molecule has 4 aromatic carbocycles. The first kappa shape index (κ1) is 28.2. The van der Waals surface area contributed by atoms with Crippen LogP contribution in [0.1, 0.15) is 27.0 Å². The molecule has 0 aliphatic rings. The molecule has 0 bridgehead atoms. The minimum Gasteiger partial charge on any atom is -0.497 e. The van der Waals surface area contributed by atoms with Crippen molar-refractivity contribution in [2.45, 2.75) is 19.8 Å². The molecule has 0 fully saturated rings. The van der Waals surface area contributed by atoms with Gasteiger partial charge in [-0.2, -0.15) is 0 Å². The molecular weight excluding hydrogens is 506 g/mol. The molecule has 206 valence electrons. The third-order valence-corrected chi connectivity index (χ3v) is 6.44. The van der Waals surface area contributed by atoms with Gasteiger partial charge in [0, 0.05) is 18.7 Å². The van der Waals surface area contributed by atoms with E-state index in [1.54, 1.807) is 49.6 Å². The molecule has 1 N–H and O–H groups in total. The summed E-state index contributed by atoms with van der Waals surface area (Å²) in [6, 6.07) is 30.3. The van der Waals surface area contributed by atoms with Gasteiger partial charge in [0.1, 0.15) is 23.0 Å². The van der Waals surface area contributed by atoms with E-state index in [-0.39, 0.29) is 5.91 Å². The van der Waals surface area contributed by atoms with E-state index < -0.39 is 12.6 Å². The summed E-state index contributed by atoms with van der Waals surface area (Å²) in [5.41, 5.74) is 3.59. The van der Waals surface area contributed by atoms with Gasteiger partial charge in [-0.15, -0.1) is 0 Å². The third kappa shape index (κ3) is 8.11. The molecular formula is C33H33NO6. The zero-order chi connectivity index (χ0) is 28.3. The van der Waals surface area contributed by atoms with Crippen molar-refractivity contribution in [3.63, 3.8) is 0 Å². The van der Waals surface area contributed by atoms with Crippen LogP contribution < -0.4 is 14.2 Å². The maximum atomic E-state index is 13.7. The third-order valence-electron chi connectivity index (χ3n) is 6.44. The predicted molar refractivity (Wildman–Crippen MR) is 154 cm³/mol. The van der Waals surface area contributed by atoms with Gasteiger partial charge in [0.25, 0.3) is 5.91 Å². The lowest BCUT2D eigenvalue weighted by Gasteiger charge is -2.23. The molecule has 0 atom stereocenters. The van der Waals surface area contributed by atoms with Crippen LogP contribution in [0.4, 0.5) is 0 Å². The van der Waals surface area contributed by atoms with Gasteiger partial charge in [-0.1, -0.05) is 48.5 Å². The molecule has 4 aromatic rings. The van der Waals surface area contributed by atoms with Gasteiger partial charge >= 0.3 is 5.97 Å². The van der Waals surface area contributed by atoms with Gasteiger partial charge < -0.3 is 24.2 Å². The van der Waals surface area contributed by atoms with Crippen molar-refractivity contribution in [3.05, 3.63) is 119 Å². The van der Waals surface area contributed by atoms with Crippen LogP contribution in [-0.4, -0.2) is 48.7 Å². The van der Waals surface area contributed by atoms with Gasteiger partial charge in [0.15, 0.2) is 6.61 Å². The van der Waals surface area contributed by atoms with Gasteiger partial charge in [-0.05, 0) is 85.0 Å². The minimum atomic E-state index is -1.04. The number of carbonyl (C=O) groups excluding carboxylic acids is 1. The zero-order valence-corrected chi connectivity index (χ0v) is 22.7. The molecule has 0 spiro atoms. The van der Waals surface area contributed by atoms with E-state index in [1.807, 2.05) is 54.3 Å². The summed E-state index contributed by atoms with van der Waals surface area (Å²) in [7, 11) is 1.64. The van der Waals surface area contributed by atoms with E-state index in [0.717, 1.165) is 29.7 Å². The maximum Gasteiger partial charge on any atom is 0.341 e. The smallest absolute Gasteiger partial charge is 0.341 e. The summed E-state index contributed by atoms with van der Waals surface area (Å²) in [4.78, 5) is 26.4. The second-order valence-corrected chi connectivity index (χ2v) is 9.37. The molecule has 0 aromatic heterocycles. The number of rotatable bonds is 13. The van der Waals surface area contributed by atoms with Crippen LogP contribution in [0, 0.1) is 6.92 Å². The summed E-state index contributed by atoms with van der Waals surface area (Å²) in [6.45, 7) is 2.56. The number of hydrogen-bond acceptors (Lipinski definition) is 5. The first-order valence-corrected chi connectivity index (χ1v) is 13.1. The Morgan fingerprint density at radius 3 is 2.05 bits per heavy atom. The number of carboxylic acids is 1. The van der Waals surface area contributed by atoms with Gasteiger partial charge in [-0.3, -0.25) is 4.79 Å². The number of ether oxygens (including phenoxy) is 3. The second-order valence-electron chi connectivity index (χ2n) is 9.37. The second kappa shape index (κ2) is 13.8. The molecule has 0 saturated carbocycles. The highest BCUT2D eigenvalue weighted by Gasteiger charge is 2.17. The van der Waals surface area contributed by atoms with Crippen LogP contribution in [0.25, 0.3) is 0 Å². The van der Waals surface area contributed by atoms with Crippen molar-refractivity contribution in [1.29, 1.82) is 0 Å². The highest BCUT2D eigenvalue weighted by Crippen LogP contribution is 2.28. The van der Waals surface area contributed by atoms with Crippen LogP contribution in [0.3, 0.4) is 0 Å². The fourth-order valence-corrected chi connectivity index (χ4v) is 4.28. The number of benzene rings is 4. The average Bonchev–Trinajstić information content (AvgIpc) is 2.97. The number of carboxylic acid groups (broad SMARTS) is 1. The van der Waals surface area contributed by atoms with Gasteiger partial charge in [0.05, 0.1) is 7.11 Å². The van der Waals surface area contributed by atoms with E-state index in [4.69, 9.17) is 19.3 Å². The van der Waals surface area contributed by atoms with Gasteiger partial charge in [0.2, 0.25) is 0 Å². The van der Waals surface area contributed by atoms with E-state index in [1.165, 1.54) is 5.56 Å². The van der Waals surface area contributed by atoms with Crippen molar-refractivity contribution in [1.82, 2.24) is 4.90 Å². The monoisotopic (exact) mass is 539 g/mol. The van der Waals surface area contributed by atoms with E-state index in [0.29, 0.717) is 35.9 Å². The van der Waals surface area contributed by atoms with E-state index >= 15 is 0 Å². The Bertz CT molecular complexity index is 1420. The lowest BCUT2D eigenvalue weighted by atomic mass is 10.1. The lowest BCUT2D eigenvalue weighted by Crippen LogP contribution is -2.34. The predicted octanol–water partition coefficient (Wildman–Crippen LogP) is 6.19. The maximum absolute atomic E-state index is 13.7. The summed E-state index contributed by atoms with van der Waals surface area (Å²) >= 11 is 0. The first-order chi connectivity index (χ1) is 19.4. The number of aryl methyl sites for hydroxylation is 1. The van der Waals surface area contributed by atoms with Crippen LogP contribution in [0.2, 0.25) is 0 Å². The van der Waals surface area contributed by atoms with Gasteiger partial charge in [-0.25, -0.2) is 4.79 Å². The van der Waals surface area contributed by atoms with Crippen molar-refractivity contribution >= 4 is 11.9 Å². The topological polar surface area (TPSA) is 85.3 Å². The average molecular weight is 540 g/mol. The highest BCUT2D eigenvalue weighted by molar-refractivity contribution is 5.94. The van der Waals surface area contributed by atoms with Crippen LogP contribution in [0.15, 0.2) is 97.1 Å². The molecule has 7 nitrogen and oxygen atoms in total. The Morgan fingerprint density at radius 1 is 0.750 bits per heavy atom. The number of hydrogen-bond donors (Lipinski definition) is 1. The molecule has 0 unspecified atom stereocenters. The Kier molecular flexibility index (Phi) is 9.77. The zero-order valence-electron chi connectivity index (χ0n) is 22.7. The van der Waals surface area contributed by atoms with Crippen molar-refractivity contribution in [2.75, 3.05) is 26.8 Å². The molecule has 1 amide bonds. The Balaban J connectivity index is 1.47. The fraction of sp³-hybridized carbons (Fsp3) is 0.212. The largest absolute Gasteiger partial charge is 0.497 e. The molecule has 7 heteroatoms. The van der Waals surface area contributed by atoms with Crippen LogP contribution >= 0.6 is 0 Å². The molecule has 0 aliphatic carbocycles. The number of carbonyl (C=O) groups is 2. The van der Waals surface area contributed by atoms with Crippen molar-refractivity contribution < 1.29 is 28.9 Å². The number of methoxy groups -OCH3 is 1. The number of amides is 1. The highest BCUT2D eigenvalue weighted by atomic mass is 16.5. The summed E-state index contributed by atoms with van der Waals surface area (Å²) < 4.78 is 16.6. The SMILES string of the molecule is COc1ccc(CCN(CCc2ccccc2)C(=O)c2cccc(Oc3ccc(OCC(=O)O)c(C)c3)c2)cc1. The van der Waals surface area contributed by atoms with Crippen molar-refractivity contribution in [2.24, 2.45) is 0 Å². The Labute approximate surface area is 234 Å². The number of aliphatic carboxylic acids is 1. The number of nitrogens with zero attached hydrogens (tertiary/aromatic N) is 1. The van der Waals surface area contributed by atoms with E-state index in [9.17, 15) is 9.59 Å². The molecule has 0 heterocycles. The Hall–Kier alpha value is -4.78. The minimum absolute atomic E-state index is 0.0662. The summed E-state index contributed by atoms with van der Waals surface area (Å²) in [5, 5.41) is 8.84.